The zero-order valence-corrected chi connectivity index (χ0v) is 14.4. The van der Waals surface area contributed by atoms with Crippen LogP contribution in [0.15, 0.2) is 47.1 Å². The Morgan fingerprint density at radius 2 is 2.00 bits per heavy atom. The molecule has 2 unspecified atom stereocenters. The second-order valence-electron chi connectivity index (χ2n) is 7.17. The lowest BCUT2D eigenvalue weighted by atomic mass is 9.95. The van der Waals surface area contributed by atoms with Gasteiger partial charge in [0.05, 0.1) is 24.9 Å². The molecule has 2 atom stereocenters. The topological polar surface area (TPSA) is 71.5 Å². The maximum absolute atomic E-state index is 12.7. The third-order valence-electron chi connectivity index (χ3n) is 5.53. The number of benzene rings is 1. The van der Waals surface area contributed by atoms with Gasteiger partial charge in [-0.1, -0.05) is 24.3 Å². The third-order valence-corrected chi connectivity index (χ3v) is 5.53. The van der Waals surface area contributed by atoms with Crippen molar-refractivity contribution in [1.29, 1.82) is 0 Å². The fourth-order valence-electron chi connectivity index (χ4n) is 4.04. The number of rotatable bonds is 4. The SMILES string of the molecule is NC1c2ccccc2CC1NC(=O)C1CCN(Cc2ccco2)CC1. The molecule has 5 nitrogen and oxygen atoms in total. The molecule has 1 saturated heterocycles. The van der Waals surface area contributed by atoms with Gasteiger partial charge in [-0.25, -0.2) is 0 Å². The fourth-order valence-corrected chi connectivity index (χ4v) is 4.04. The smallest absolute Gasteiger partial charge is 0.223 e. The first-order valence-electron chi connectivity index (χ1n) is 9.09. The van der Waals surface area contributed by atoms with Crippen LogP contribution in [0, 0.1) is 5.92 Å². The van der Waals surface area contributed by atoms with Crippen LogP contribution in [0.25, 0.3) is 0 Å². The predicted molar refractivity (Wildman–Crippen MR) is 95.7 cm³/mol. The normalized spacial score (nSPS) is 24.2. The van der Waals surface area contributed by atoms with E-state index < -0.39 is 0 Å². The van der Waals surface area contributed by atoms with Crippen LogP contribution in [0.1, 0.15) is 35.8 Å². The number of fused-ring (bicyclic) bond motifs is 1. The number of nitrogens with zero attached hydrogens (tertiary/aromatic N) is 1. The lowest BCUT2D eigenvalue weighted by molar-refractivity contribution is -0.127. The summed E-state index contributed by atoms with van der Waals surface area (Å²) in [6, 6.07) is 12.1. The molecule has 2 aromatic rings. The van der Waals surface area contributed by atoms with Gasteiger partial charge in [-0.2, -0.15) is 0 Å². The first-order valence-corrected chi connectivity index (χ1v) is 9.09. The molecule has 5 heteroatoms. The number of nitrogens with one attached hydrogen (secondary N) is 1. The minimum Gasteiger partial charge on any atom is -0.468 e. The van der Waals surface area contributed by atoms with Gasteiger partial charge in [0.2, 0.25) is 5.91 Å². The Labute approximate surface area is 148 Å². The molecule has 1 aromatic heterocycles. The largest absolute Gasteiger partial charge is 0.468 e. The molecule has 3 N–H and O–H groups in total. The molecule has 2 aliphatic rings. The third kappa shape index (κ3) is 3.48. The number of likely N-dealkylation sites (tertiary alicyclic amines) is 1. The molecule has 1 amide bonds. The lowest BCUT2D eigenvalue weighted by Gasteiger charge is -2.31. The van der Waals surface area contributed by atoms with Gasteiger partial charge in [-0.3, -0.25) is 9.69 Å². The van der Waals surface area contributed by atoms with Gasteiger partial charge in [0.15, 0.2) is 0 Å². The van der Waals surface area contributed by atoms with Crippen molar-refractivity contribution in [2.45, 2.75) is 37.9 Å². The van der Waals surface area contributed by atoms with Crippen molar-refractivity contribution >= 4 is 5.91 Å². The fraction of sp³-hybridized carbons (Fsp3) is 0.450. The van der Waals surface area contributed by atoms with E-state index in [1.165, 1.54) is 11.1 Å². The molecule has 1 aliphatic heterocycles. The van der Waals surface area contributed by atoms with Gasteiger partial charge >= 0.3 is 0 Å². The number of furan rings is 1. The molecule has 0 spiro atoms. The number of piperidine rings is 1. The van der Waals surface area contributed by atoms with E-state index in [2.05, 4.69) is 22.3 Å². The van der Waals surface area contributed by atoms with Crippen molar-refractivity contribution in [2.24, 2.45) is 11.7 Å². The molecule has 0 radical (unpaired) electrons. The summed E-state index contributed by atoms with van der Waals surface area (Å²) in [5.74, 6) is 1.23. The molecule has 1 fully saturated rings. The highest BCUT2D eigenvalue weighted by Gasteiger charge is 2.33. The van der Waals surface area contributed by atoms with Crippen molar-refractivity contribution in [3.63, 3.8) is 0 Å². The second-order valence-corrected chi connectivity index (χ2v) is 7.17. The van der Waals surface area contributed by atoms with E-state index in [1.807, 2.05) is 24.3 Å². The number of carbonyl (C=O) groups is 1. The second kappa shape index (κ2) is 7.02. The zero-order valence-electron chi connectivity index (χ0n) is 14.4. The Morgan fingerprint density at radius 1 is 1.20 bits per heavy atom. The quantitative estimate of drug-likeness (QED) is 0.896. The van der Waals surface area contributed by atoms with E-state index in [9.17, 15) is 4.79 Å². The minimum absolute atomic E-state index is 0.0195. The van der Waals surface area contributed by atoms with Gasteiger partial charge in [-0.15, -0.1) is 0 Å². The summed E-state index contributed by atoms with van der Waals surface area (Å²) in [6.07, 6.45) is 4.32. The molecule has 1 aromatic carbocycles. The summed E-state index contributed by atoms with van der Waals surface area (Å²) < 4.78 is 5.41. The van der Waals surface area contributed by atoms with Gasteiger partial charge in [-0.05, 0) is 55.6 Å². The van der Waals surface area contributed by atoms with Crippen LogP contribution in [0.4, 0.5) is 0 Å². The molecule has 2 heterocycles. The molecule has 0 bridgehead atoms. The van der Waals surface area contributed by atoms with Crippen molar-refractivity contribution in [1.82, 2.24) is 10.2 Å². The highest BCUT2D eigenvalue weighted by Crippen LogP contribution is 2.30. The van der Waals surface area contributed by atoms with E-state index >= 15 is 0 Å². The molecule has 4 rings (SSSR count). The van der Waals surface area contributed by atoms with E-state index in [4.69, 9.17) is 10.2 Å². The van der Waals surface area contributed by atoms with Gasteiger partial charge in [0.1, 0.15) is 5.76 Å². The summed E-state index contributed by atoms with van der Waals surface area (Å²) in [7, 11) is 0. The van der Waals surface area contributed by atoms with Crippen LogP contribution in [0.2, 0.25) is 0 Å². The molecule has 25 heavy (non-hydrogen) atoms. The first kappa shape index (κ1) is 16.4. The van der Waals surface area contributed by atoms with Crippen LogP contribution in [0.3, 0.4) is 0 Å². The van der Waals surface area contributed by atoms with Crippen LogP contribution in [-0.2, 0) is 17.8 Å². The summed E-state index contributed by atoms with van der Waals surface area (Å²) in [6.45, 7) is 2.68. The predicted octanol–water partition coefficient (Wildman–Crippen LogP) is 2.23. The Balaban J connectivity index is 1.28. The van der Waals surface area contributed by atoms with Gasteiger partial charge in [0, 0.05) is 5.92 Å². The standard InChI is InChI=1S/C20H25N3O2/c21-19-17-6-2-1-4-15(17)12-18(19)22-20(24)14-7-9-23(10-8-14)13-16-5-3-11-25-16/h1-6,11,14,18-19H,7-10,12-13,21H2,(H,22,24). The Kier molecular flexibility index (Phi) is 4.59. The Hall–Kier alpha value is -2.11. The van der Waals surface area contributed by atoms with Crippen molar-refractivity contribution < 1.29 is 9.21 Å². The van der Waals surface area contributed by atoms with E-state index in [0.29, 0.717) is 0 Å². The first-order chi connectivity index (χ1) is 12.2. The number of hydrogen-bond acceptors (Lipinski definition) is 4. The van der Waals surface area contributed by atoms with Gasteiger partial charge < -0.3 is 15.5 Å². The van der Waals surface area contributed by atoms with E-state index in [-0.39, 0.29) is 23.9 Å². The van der Waals surface area contributed by atoms with E-state index in [0.717, 1.165) is 44.7 Å². The number of nitrogens with two attached hydrogens (primary N) is 1. The van der Waals surface area contributed by atoms with Crippen molar-refractivity contribution in [2.75, 3.05) is 13.1 Å². The highest BCUT2D eigenvalue weighted by atomic mass is 16.3. The molecule has 0 saturated carbocycles. The lowest BCUT2D eigenvalue weighted by Crippen LogP contribution is -2.46. The average molecular weight is 339 g/mol. The van der Waals surface area contributed by atoms with Gasteiger partial charge in [0.25, 0.3) is 0 Å². The van der Waals surface area contributed by atoms with Crippen LogP contribution < -0.4 is 11.1 Å². The van der Waals surface area contributed by atoms with Crippen LogP contribution in [-0.4, -0.2) is 29.9 Å². The highest BCUT2D eigenvalue weighted by molar-refractivity contribution is 5.79. The van der Waals surface area contributed by atoms with Crippen molar-refractivity contribution in [3.05, 3.63) is 59.5 Å². The monoisotopic (exact) mass is 339 g/mol. The molecular formula is C20H25N3O2. The summed E-state index contributed by atoms with van der Waals surface area (Å²) in [5, 5.41) is 3.20. The maximum atomic E-state index is 12.7. The average Bonchev–Trinajstić information content (AvgIpc) is 3.24. The van der Waals surface area contributed by atoms with Crippen LogP contribution >= 0.6 is 0 Å². The zero-order chi connectivity index (χ0) is 17.2. The number of amides is 1. The molecule has 1 aliphatic carbocycles. The molecular weight excluding hydrogens is 314 g/mol. The Morgan fingerprint density at radius 3 is 2.72 bits per heavy atom. The summed E-state index contributed by atoms with van der Waals surface area (Å²) >= 11 is 0. The Bertz CT molecular complexity index is 720. The minimum atomic E-state index is -0.0980. The summed E-state index contributed by atoms with van der Waals surface area (Å²) in [5.41, 5.74) is 8.76. The number of carbonyl (C=O) groups excluding carboxylic acids is 1. The maximum Gasteiger partial charge on any atom is 0.223 e. The number of hydrogen-bond donors (Lipinski definition) is 2. The van der Waals surface area contributed by atoms with Crippen LogP contribution in [0.5, 0.6) is 0 Å². The van der Waals surface area contributed by atoms with E-state index in [1.54, 1.807) is 6.26 Å². The molecule has 132 valence electrons. The van der Waals surface area contributed by atoms with Crippen molar-refractivity contribution in [3.8, 4) is 0 Å². The summed E-state index contributed by atoms with van der Waals surface area (Å²) in [4.78, 5) is 15.0.